The lowest BCUT2D eigenvalue weighted by Gasteiger charge is -2.26. The molecule has 0 aromatic rings. The minimum absolute atomic E-state index is 0. The lowest BCUT2D eigenvalue weighted by atomic mass is 9.79. The fraction of sp³-hybridized carbons (Fsp3) is 0.822. The fourth-order valence-corrected chi connectivity index (χ4v) is 4.59. The first kappa shape index (κ1) is 62.7. The van der Waals surface area contributed by atoms with Crippen molar-refractivity contribution in [2.75, 3.05) is 33.0 Å². The van der Waals surface area contributed by atoms with Gasteiger partial charge in [-0.05, 0) is 92.9 Å². The molecule has 57 heavy (non-hydrogen) atoms. The van der Waals surface area contributed by atoms with Gasteiger partial charge in [0.25, 0.3) is 0 Å². The van der Waals surface area contributed by atoms with Crippen molar-refractivity contribution in [2.24, 2.45) is 34.0 Å². The van der Waals surface area contributed by atoms with E-state index in [2.05, 4.69) is 20.4 Å². The Labute approximate surface area is 347 Å². The van der Waals surface area contributed by atoms with Crippen LogP contribution in [-0.4, -0.2) is 74.0 Å². The number of esters is 5. The van der Waals surface area contributed by atoms with Crippen LogP contribution < -0.4 is 0 Å². The Bertz CT molecular complexity index is 1170. The van der Waals surface area contributed by atoms with Crippen LogP contribution >= 0.6 is 0 Å². The summed E-state index contributed by atoms with van der Waals surface area (Å²) in [4.78, 5) is 69.1. The van der Waals surface area contributed by atoms with E-state index in [0.29, 0.717) is 43.8 Å². The maximum absolute atomic E-state index is 12.0. The first-order valence-corrected chi connectivity index (χ1v) is 19.8. The number of hydrogen-bond donors (Lipinski definition) is 1. The molecule has 1 aliphatic rings. The van der Waals surface area contributed by atoms with E-state index in [9.17, 15) is 28.8 Å². The fourth-order valence-electron chi connectivity index (χ4n) is 4.59. The van der Waals surface area contributed by atoms with Gasteiger partial charge >= 0.3 is 35.8 Å². The van der Waals surface area contributed by atoms with E-state index < -0.39 is 40.6 Å². The summed E-state index contributed by atoms with van der Waals surface area (Å²) in [5.74, 6) is -3.28. The molecule has 1 rings (SSSR count). The van der Waals surface area contributed by atoms with Gasteiger partial charge in [0.15, 0.2) is 0 Å². The van der Waals surface area contributed by atoms with Crippen LogP contribution in [0.2, 0.25) is 0 Å². The number of ether oxygens (including phenoxy) is 5. The number of hydrogen-bond acceptors (Lipinski definition) is 11. The monoisotopic (exact) mass is 819 g/mol. The van der Waals surface area contributed by atoms with Crippen molar-refractivity contribution in [3.63, 3.8) is 0 Å². The number of carbonyl (C=O) groups is 6. The van der Waals surface area contributed by atoms with Gasteiger partial charge in [0.05, 0.1) is 34.7 Å². The van der Waals surface area contributed by atoms with Crippen molar-refractivity contribution in [1.82, 2.24) is 0 Å². The number of aliphatic carboxylic acids is 1. The smallest absolute Gasteiger partial charge is 0.333 e. The summed E-state index contributed by atoms with van der Waals surface area (Å²) in [6.07, 6.45) is 9.62. The Morgan fingerprint density at radius 2 is 1.02 bits per heavy atom. The first-order valence-electron chi connectivity index (χ1n) is 19.8. The molecule has 1 aliphatic carbocycles. The average molecular weight is 819 g/mol. The normalized spacial score (nSPS) is 15.3. The molecule has 1 N–H and O–H groups in total. The van der Waals surface area contributed by atoms with Gasteiger partial charge in [-0.3, -0.25) is 24.0 Å². The largest absolute Gasteiger partial charge is 0.481 e. The molecule has 3 atom stereocenters. The third-order valence-electron chi connectivity index (χ3n) is 10.1. The molecule has 0 amide bonds. The highest BCUT2D eigenvalue weighted by molar-refractivity contribution is 5.87. The number of carbonyl (C=O) groups excluding carboxylic acids is 5. The highest BCUT2D eigenvalue weighted by Gasteiger charge is 2.37. The molecule has 12 nitrogen and oxygen atoms in total. The summed E-state index contributed by atoms with van der Waals surface area (Å²) in [5.41, 5.74) is -1.04. The molecule has 1 fully saturated rings. The van der Waals surface area contributed by atoms with Gasteiger partial charge < -0.3 is 28.8 Å². The molecule has 0 heterocycles. The van der Waals surface area contributed by atoms with Crippen LogP contribution in [0.1, 0.15) is 176 Å². The van der Waals surface area contributed by atoms with Crippen LogP contribution in [0.4, 0.5) is 0 Å². The molecule has 338 valence electrons. The Balaban J connectivity index is -0.000000236. The van der Waals surface area contributed by atoms with E-state index in [1.165, 1.54) is 19.3 Å². The lowest BCUT2D eigenvalue weighted by molar-refractivity contribution is -0.164. The van der Waals surface area contributed by atoms with Crippen molar-refractivity contribution in [1.29, 1.82) is 0 Å². The maximum atomic E-state index is 12.0. The van der Waals surface area contributed by atoms with Crippen LogP contribution in [-0.2, 0) is 52.5 Å². The van der Waals surface area contributed by atoms with E-state index >= 15 is 0 Å². The highest BCUT2D eigenvalue weighted by atomic mass is 16.6. The third kappa shape index (κ3) is 26.2. The molecular weight excluding hydrogens is 732 g/mol. The van der Waals surface area contributed by atoms with E-state index in [1.54, 1.807) is 20.8 Å². The zero-order valence-corrected chi connectivity index (χ0v) is 35.7. The van der Waals surface area contributed by atoms with Crippen molar-refractivity contribution < 1.29 is 57.6 Å². The van der Waals surface area contributed by atoms with Gasteiger partial charge in [-0.1, -0.05) is 95.6 Å². The molecule has 0 aromatic heterocycles. The topological polar surface area (TPSA) is 169 Å². The molecule has 0 aliphatic heterocycles. The van der Waals surface area contributed by atoms with Gasteiger partial charge in [-0.2, -0.15) is 0 Å². The SMILES string of the molecule is C.C.C.C=C(C)C(=O)OCCOC(=O)C(C)(C)CC.CCC(C)(C)C(=O)OCCOC(=O)C1CCCCC1C(=O)O.CCCCC(CC)COC(=O)C(C)(C)CC. The molecular formula is C45H86O12. The van der Waals surface area contributed by atoms with Crippen molar-refractivity contribution in [2.45, 2.75) is 176 Å². The molecule has 12 heteroatoms. The van der Waals surface area contributed by atoms with Gasteiger partial charge in [0.1, 0.15) is 26.4 Å². The standard InChI is InChI=1S/C16H26O6.C14H28O2.C12H20O4.3CH4/c1-4-16(2,3)15(20)22-10-9-21-14(19)12-8-6-5-7-11(12)13(17)18;1-6-9-10-12(7-2)11-16-13(15)14(4,5)8-3;1-6-12(4,5)11(14)16-8-7-15-10(13)9(2)3;;;/h11-12H,4-10H2,1-3H3,(H,17,18);12H,6-11H2,1-5H3;2,6-8H2,1,3-5H3;3*1H4. The second kappa shape index (κ2) is 32.5. The third-order valence-corrected chi connectivity index (χ3v) is 10.1. The number of rotatable bonds is 21. The minimum Gasteiger partial charge on any atom is -0.481 e. The minimum atomic E-state index is -0.947. The highest BCUT2D eigenvalue weighted by Crippen LogP contribution is 2.31. The summed E-state index contributed by atoms with van der Waals surface area (Å²) in [7, 11) is 0. The van der Waals surface area contributed by atoms with E-state index in [-0.39, 0.29) is 72.0 Å². The van der Waals surface area contributed by atoms with E-state index in [4.69, 9.17) is 28.8 Å². The Morgan fingerprint density at radius 1 is 0.632 bits per heavy atom. The maximum Gasteiger partial charge on any atom is 0.333 e. The molecule has 0 aromatic carbocycles. The van der Waals surface area contributed by atoms with Gasteiger partial charge in [-0.15, -0.1) is 0 Å². The molecule has 1 saturated carbocycles. The Morgan fingerprint density at radius 3 is 1.39 bits per heavy atom. The second-order valence-electron chi connectivity index (χ2n) is 15.9. The lowest BCUT2D eigenvalue weighted by Crippen LogP contribution is -2.34. The van der Waals surface area contributed by atoms with Crippen LogP contribution in [0.25, 0.3) is 0 Å². The summed E-state index contributed by atoms with van der Waals surface area (Å²) in [6.45, 7) is 27.0. The molecule has 0 bridgehead atoms. The van der Waals surface area contributed by atoms with Gasteiger partial charge in [0.2, 0.25) is 0 Å². The quantitative estimate of drug-likeness (QED) is 0.0504. The predicted octanol–water partition coefficient (Wildman–Crippen LogP) is 10.6. The average Bonchev–Trinajstić information content (AvgIpc) is 3.14. The summed E-state index contributed by atoms with van der Waals surface area (Å²) in [5, 5.41) is 9.14. The van der Waals surface area contributed by atoms with Crippen LogP contribution in [0.3, 0.4) is 0 Å². The summed E-state index contributed by atoms with van der Waals surface area (Å²) >= 11 is 0. The van der Waals surface area contributed by atoms with Gasteiger partial charge in [0, 0.05) is 5.57 Å². The van der Waals surface area contributed by atoms with Gasteiger partial charge in [-0.25, -0.2) is 4.79 Å². The molecule has 0 saturated heterocycles. The number of unbranched alkanes of at least 4 members (excludes halogenated alkanes) is 1. The van der Waals surface area contributed by atoms with E-state index in [1.807, 2.05) is 48.5 Å². The zero-order chi connectivity index (χ0) is 42.1. The summed E-state index contributed by atoms with van der Waals surface area (Å²) in [6, 6.07) is 0. The Kier molecular flexibility index (Phi) is 35.8. The Hall–Kier alpha value is -3.44. The molecule has 0 spiro atoms. The predicted molar refractivity (Wildman–Crippen MR) is 228 cm³/mol. The number of carboxylic acid groups (broad SMARTS) is 1. The number of carboxylic acids is 1. The second-order valence-corrected chi connectivity index (χ2v) is 15.9. The van der Waals surface area contributed by atoms with Crippen molar-refractivity contribution in [3.05, 3.63) is 12.2 Å². The molecule has 0 radical (unpaired) electrons. The van der Waals surface area contributed by atoms with Crippen molar-refractivity contribution >= 4 is 35.8 Å². The van der Waals surface area contributed by atoms with Crippen LogP contribution in [0.15, 0.2) is 12.2 Å². The zero-order valence-electron chi connectivity index (χ0n) is 35.7. The first-order chi connectivity index (χ1) is 25.1. The van der Waals surface area contributed by atoms with E-state index in [0.717, 1.165) is 25.7 Å². The van der Waals surface area contributed by atoms with Crippen LogP contribution in [0.5, 0.6) is 0 Å². The van der Waals surface area contributed by atoms with Crippen molar-refractivity contribution in [3.8, 4) is 0 Å². The summed E-state index contributed by atoms with van der Waals surface area (Å²) < 4.78 is 25.3. The van der Waals surface area contributed by atoms with Crippen LogP contribution in [0, 0.1) is 34.0 Å². The molecule has 3 unspecified atom stereocenters.